The normalized spacial score (nSPS) is 12.8. The Hall–Kier alpha value is -6.42. The van der Waals surface area contributed by atoms with Gasteiger partial charge in [-0.05, 0) is 111 Å². The zero-order chi connectivity index (χ0) is 43.6. The van der Waals surface area contributed by atoms with E-state index in [2.05, 4.69) is 234 Å². The van der Waals surface area contributed by atoms with Crippen LogP contribution >= 0.6 is 0 Å². The number of hydrogen-bond donors (Lipinski definition) is 0. The summed E-state index contributed by atoms with van der Waals surface area (Å²) in [6, 6.07) is 61.4. The van der Waals surface area contributed by atoms with Crippen molar-refractivity contribution in [2.45, 2.75) is 66.2 Å². The molecule has 9 aromatic rings. The second kappa shape index (κ2) is 16.6. The average molecular weight is 1020 g/mol. The van der Waals surface area contributed by atoms with Crippen molar-refractivity contribution in [2.75, 3.05) is 9.80 Å². The second-order valence-electron chi connectivity index (χ2n) is 18.8. The first-order valence-electron chi connectivity index (χ1n) is 21.8. The van der Waals surface area contributed by atoms with Crippen LogP contribution in [0.5, 0.6) is 11.5 Å². The fourth-order valence-electron chi connectivity index (χ4n) is 8.91. The first-order chi connectivity index (χ1) is 30.3. The predicted molar refractivity (Wildman–Crippen MR) is 262 cm³/mol. The molecule has 6 heteroatoms. The van der Waals surface area contributed by atoms with Crippen LogP contribution < -0.4 is 14.5 Å². The number of para-hydroxylation sites is 1. The van der Waals surface area contributed by atoms with E-state index in [0.717, 1.165) is 61.5 Å². The molecule has 0 unspecified atom stereocenters. The van der Waals surface area contributed by atoms with E-state index in [-0.39, 0.29) is 31.9 Å². The van der Waals surface area contributed by atoms with Gasteiger partial charge in [-0.2, -0.15) is 6.07 Å². The molecule has 5 nitrogen and oxygen atoms in total. The van der Waals surface area contributed by atoms with Gasteiger partial charge < -0.3 is 19.1 Å². The minimum atomic E-state index is -0.0556. The maximum absolute atomic E-state index is 6.94. The number of anilines is 4. The number of nitrogens with zero attached hydrogens (tertiary/aromatic N) is 4. The zero-order valence-electron chi connectivity index (χ0n) is 37.6. The Kier molecular flexibility index (Phi) is 11.1. The molecule has 322 valence electrons. The molecule has 0 spiro atoms. The van der Waals surface area contributed by atoms with Gasteiger partial charge in [0.15, 0.2) is 0 Å². The molecular weight excluding hydrogens is 964 g/mol. The van der Waals surface area contributed by atoms with Crippen LogP contribution in [0.3, 0.4) is 0 Å². The summed E-state index contributed by atoms with van der Waals surface area (Å²) in [5, 5.41) is 2.23. The van der Waals surface area contributed by atoms with Gasteiger partial charge in [-0.1, -0.05) is 132 Å². The van der Waals surface area contributed by atoms with Crippen LogP contribution in [-0.4, -0.2) is 9.55 Å². The first kappa shape index (κ1) is 42.9. The molecule has 0 N–H and O–H groups in total. The topological polar surface area (TPSA) is 33.5 Å². The van der Waals surface area contributed by atoms with Crippen molar-refractivity contribution in [3.05, 3.63) is 199 Å². The Morgan fingerprint density at radius 1 is 0.547 bits per heavy atom. The molecule has 0 aliphatic carbocycles. The SMILES string of the molecule is Cc1cccc(C)c1-c1cc(Oc2[c-]c3c(cc2)c2ccccc2n3-c2cc(C(C)(C)C)ccn2)[c-]c(N2[CH-]N(c3cccc(-c4ccccc4)c3)c3ccc(C(C)(C)C)cc32)c1.[Pt]. The molecule has 0 saturated carbocycles. The third kappa shape index (κ3) is 7.92. The van der Waals surface area contributed by atoms with E-state index in [9.17, 15) is 0 Å². The molecule has 10 rings (SSSR count). The van der Waals surface area contributed by atoms with Gasteiger partial charge in [-0.25, -0.2) is 4.98 Å². The standard InChI is InChI=1S/C58H51N4O.Pt/c1-38-16-14-17-39(2)56(38)42-31-46(61-37-60(52-27-24-43(33-54(52)61)57(3,4)5)45-21-15-20-41(30-45)40-18-10-9-11-19-40)35-48(32-42)63-47-25-26-50-49-22-12-13-23-51(49)62(53(50)36-47)55-34-44(28-29-59-55)58(6,7)8;/h9-34,37H,1-8H3;/q-3;. The summed E-state index contributed by atoms with van der Waals surface area (Å²) in [6.45, 7) is 20.0. The molecule has 0 saturated heterocycles. The summed E-state index contributed by atoms with van der Waals surface area (Å²) in [5.41, 5.74) is 15.4. The summed E-state index contributed by atoms with van der Waals surface area (Å²) in [5.74, 6) is 2.05. The van der Waals surface area contributed by atoms with Gasteiger partial charge in [0.05, 0.1) is 0 Å². The molecule has 3 heterocycles. The third-order valence-electron chi connectivity index (χ3n) is 12.3. The summed E-state index contributed by atoms with van der Waals surface area (Å²) < 4.78 is 9.14. The van der Waals surface area contributed by atoms with Crippen molar-refractivity contribution in [2.24, 2.45) is 0 Å². The van der Waals surface area contributed by atoms with E-state index in [4.69, 9.17) is 9.72 Å². The van der Waals surface area contributed by atoms with E-state index in [1.807, 2.05) is 12.3 Å². The number of hydrogen-bond acceptors (Lipinski definition) is 4. The van der Waals surface area contributed by atoms with Gasteiger partial charge >= 0.3 is 0 Å². The van der Waals surface area contributed by atoms with Crippen LogP contribution in [0.1, 0.15) is 63.8 Å². The Labute approximate surface area is 392 Å². The van der Waals surface area contributed by atoms with Crippen LogP contribution in [0.25, 0.3) is 49.9 Å². The maximum atomic E-state index is 6.94. The zero-order valence-corrected chi connectivity index (χ0v) is 39.9. The van der Waals surface area contributed by atoms with E-state index in [1.165, 1.54) is 33.4 Å². The minimum Gasteiger partial charge on any atom is -0.509 e. The van der Waals surface area contributed by atoms with Crippen LogP contribution in [0.15, 0.2) is 158 Å². The van der Waals surface area contributed by atoms with Gasteiger partial charge in [0.1, 0.15) is 5.82 Å². The fourth-order valence-corrected chi connectivity index (χ4v) is 8.91. The van der Waals surface area contributed by atoms with Crippen molar-refractivity contribution in [1.29, 1.82) is 0 Å². The molecule has 0 fully saturated rings. The fraction of sp³-hybridized carbons (Fsp3) is 0.172. The molecular formula is C58H51N4OPt-3. The van der Waals surface area contributed by atoms with Crippen LogP contribution in [0.2, 0.25) is 0 Å². The molecule has 1 aliphatic heterocycles. The van der Waals surface area contributed by atoms with Crippen LogP contribution in [0.4, 0.5) is 22.7 Å². The van der Waals surface area contributed by atoms with E-state index in [0.29, 0.717) is 11.5 Å². The quantitative estimate of drug-likeness (QED) is 0.149. The van der Waals surface area contributed by atoms with Crippen molar-refractivity contribution >= 4 is 44.6 Å². The van der Waals surface area contributed by atoms with Crippen molar-refractivity contribution < 1.29 is 25.8 Å². The molecule has 1 aliphatic rings. The number of aryl methyl sites for hydroxylation is 2. The Bertz CT molecular complexity index is 3170. The molecule has 0 bridgehead atoms. The summed E-state index contributed by atoms with van der Waals surface area (Å²) >= 11 is 0. The average Bonchev–Trinajstić information content (AvgIpc) is 3.82. The monoisotopic (exact) mass is 1010 g/mol. The summed E-state index contributed by atoms with van der Waals surface area (Å²) in [6.07, 6.45) is 1.91. The van der Waals surface area contributed by atoms with E-state index < -0.39 is 0 Å². The van der Waals surface area contributed by atoms with Gasteiger partial charge in [-0.3, -0.25) is 0 Å². The van der Waals surface area contributed by atoms with Crippen LogP contribution in [0, 0.1) is 32.6 Å². The number of benzene rings is 7. The molecule has 0 atom stereocenters. The van der Waals surface area contributed by atoms with Crippen molar-refractivity contribution in [3.63, 3.8) is 0 Å². The molecule has 7 aromatic carbocycles. The summed E-state index contributed by atoms with van der Waals surface area (Å²) in [7, 11) is 0. The Morgan fingerprint density at radius 2 is 1.25 bits per heavy atom. The van der Waals surface area contributed by atoms with E-state index >= 15 is 0 Å². The first-order valence-corrected chi connectivity index (χ1v) is 21.8. The largest absolute Gasteiger partial charge is 0.509 e. The molecule has 64 heavy (non-hydrogen) atoms. The van der Waals surface area contributed by atoms with Gasteiger partial charge in [0.2, 0.25) is 0 Å². The van der Waals surface area contributed by atoms with Gasteiger partial charge in [-0.15, -0.1) is 53.6 Å². The molecule has 0 amide bonds. The molecule has 2 aromatic heterocycles. The predicted octanol–water partition coefficient (Wildman–Crippen LogP) is 15.5. The summed E-state index contributed by atoms with van der Waals surface area (Å²) in [4.78, 5) is 9.45. The number of rotatable bonds is 7. The smallest absolute Gasteiger partial charge is 0.135 e. The second-order valence-corrected chi connectivity index (χ2v) is 18.8. The maximum Gasteiger partial charge on any atom is 0.135 e. The van der Waals surface area contributed by atoms with Crippen molar-refractivity contribution in [3.8, 4) is 39.6 Å². The Balaban J connectivity index is 0.00000518. The van der Waals surface area contributed by atoms with Crippen molar-refractivity contribution in [1.82, 2.24) is 9.55 Å². The van der Waals surface area contributed by atoms with Crippen LogP contribution in [-0.2, 0) is 31.9 Å². The van der Waals surface area contributed by atoms with Gasteiger partial charge in [0.25, 0.3) is 0 Å². The van der Waals surface area contributed by atoms with E-state index in [1.54, 1.807) is 0 Å². The Morgan fingerprint density at radius 3 is 2.02 bits per heavy atom. The number of ether oxygens (including phenoxy) is 1. The number of aromatic nitrogens is 2. The minimum absolute atomic E-state index is 0. The number of pyridine rings is 1. The molecule has 0 radical (unpaired) electrons. The number of fused-ring (bicyclic) bond motifs is 4. The van der Waals surface area contributed by atoms with Gasteiger partial charge in [0, 0.05) is 61.3 Å². The third-order valence-corrected chi connectivity index (χ3v) is 12.3.